The van der Waals surface area contributed by atoms with Crippen molar-refractivity contribution in [2.24, 2.45) is 11.8 Å². The van der Waals surface area contributed by atoms with Crippen LogP contribution in [0.5, 0.6) is 0 Å². The van der Waals surface area contributed by atoms with E-state index in [2.05, 4.69) is 35.1 Å². The third-order valence-corrected chi connectivity index (χ3v) is 8.66. The van der Waals surface area contributed by atoms with Gasteiger partial charge >= 0.3 is 5.97 Å². The molecule has 0 aliphatic heterocycles. The largest absolute Gasteiger partial charge is 0.468 e. The van der Waals surface area contributed by atoms with Crippen molar-refractivity contribution in [3.8, 4) is 0 Å². The van der Waals surface area contributed by atoms with E-state index in [4.69, 9.17) is 0 Å². The number of Topliss-reactive ketones (excluding diaryl/α,β-unsaturated/α-hetero) is 1. The Morgan fingerprint density at radius 1 is 1.21 bits per heavy atom. The van der Waals surface area contributed by atoms with Crippen molar-refractivity contribution in [2.45, 2.75) is 37.0 Å². The van der Waals surface area contributed by atoms with E-state index in [0.717, 1.165) is 24.3 Å². The zero-order valence-corrected chi connectivity index (χ0v) is 21.2. The van der Waals surface area contributed by atoms with Crippen LogP contribution in [-0.2, 0) is 20.7 Å². The predicted molar refractivity (Wildman–Crippen MR) is 141 cm³/mol. The Bertz CT molecular complexity index is 976. The van der Waals surface area contributed by atoms with Gasteiger partial charge in [-0.1, -0.05) is 54.6 Å². The molecule has 0 spiro atoms. The molecule has 4 atom stereocenters. The Balaban J connectivity index is 1.48. The molecule has 1 aliphatic rings. The number of esters is 1. The summed E-state index contributed by atoms with van der Waals surface area (Å²) in [6.07, 6.45) is 5.80. The fraction of sp³-hybridized carbons (Fsp3) is 0.481. The van der Waals surface area contributed by atoms with Crippen molar-refractivity contribution in [2.75, 3.05) is 31.0 Å². The molecule has 1 saturated carbocycles. The molecule has 2 aromatic carbocycles. The van der Waals surface area contributed by atoms with E-state index in [-0.39, 0.29) is 35.4 Å². The van der Waals surface area contributed by atoms with Crippen LogP contribution >= 0.6 is 23.5 Å². The number of ether oxygens (including phenoxy) is 1. The Hall–Kier alpha value is -1.80. The zero-order chi connectivity index (χ0) is 24.3. The lowest BCUT2D eigenvalue weighted by atomic mass is 9.95. The average molecular weight is 503 g/mol. The summed E-state index contributed by atoms with van der Waals surface area (Å²) in [6.45, 7) is -0.0278. The molecule has 1 aliphatic carbocycles. The maximum atomic E-state index is 12.6. The van der Waals surface area contributed by atoms with Gasteiger partial charge in [-0.25, -0.2) is 0 Å². The lowest BCUT2D eigenvalue weighted by Crippen LogP contribution is -2.21. The number of carbonyl (C=O) groups is 2. The number of methoxy groups -OCH3 is 1. The minimum Gasteiger partial charge on any atom is -0.468 e. The summed E-state index contributed by atoms with van der Waals surface area (Å²) in [7, 11) is 1.38. The number of aryl methyl sites for hydroxylation is 1. The molecule has 0 saturated heterocycles. The van der Waals surface area contributed by atoms with Crippen molar-refractivity contribution in [3.63, 3.8) is 0 Å². The van der Waals surface area contributed by atoms with Crippen molar-refractivity contribution in [1.29, 1.82) is 0 Å². The number of aliphatic hydroxyl groups excluding tert-OH is 2. The van der Waals surface area contributed by atoms with Crippen molar-refractivity contribution in [1.82, 2.24) is 0 Å². The summed E-state index contributed by atoms with van der Waals surface area (Å²) in [5.41, 5.74) is 1.19. The first-order valence-electron chi connectivity index (χ1n) is 11.8. The molecule has 7 heteroatoms. The van der Waals surface area contributed by atoms with Gasteiger partial charge < -0.3 is 14.9 Å². The summed E-state index contributed by atoms with van der Waals surface area (Å²) < 4.78 is 4.63. The van der Waals surface area contributed by atoms with Gasteiger partial charge in [-0.2, -0.15) is 11.8 Å². The van der Waals surface area contributed by atoms with Crippen LogP contribution in [-0.4, -0.2) is 64.3 Å². The Morgan fingerprint density at radius 3 is 2.76 bits per heavy atom. The highest BCUT2D eigenvalue weighted by atomic mass is 32.2. The van der Waals surface area contributed by atoms with Gasteiger partial charge in [0, 0.05) is 18.9 Å². The van der Waals surface area contributed by atoms with Crippen LogP contribution in [0.25, 0.3) is 10.8 Å². The Kier molecular flexibility index (Phi) is 11.0. The van der Waals surface area contributed by atoms with Gasteiger partial charge in [0.1, 0.15) is 5.78 Å². The van der Waals surface area contributed by atoms with Gasteiger partial charge in [-0.3, -0.25) is 9.59 Å². The number of thioether (sulfide) groups is 2. The van der Waals surface area contributed by atoms with Crippen LogP contribution in [0.1, 0.15) is 24.8 Å². The van der Waals surface area contributed by atoms with E-state index in [9.17, 15) is 19.8 Å². The number of fused-ring (bicyclic) bond motifs is 1. The molecular weight excluding hydrogens is 468 g/mol. The van der Waals surface area contributed by atoms with Gasteiger partial charge in [0.15, 0.2) is 0 Å². The molecular formula is C27H34O5S2. The second-order valence-electron chi connectivity index (χ2n) is 8.64. The highest BCUT2D eigenvalue weighted by molar-refractivity contribution is 8.01. The van der Waals surface area contributed by atoms with E-state index in [0.29, 0.717) is 18.6 Å². The summed E-state index contributed by atoms with van der Waals surface area (Å²) in [6, 6.07) is 14.6. The van der Waals surface area contributed by atoms with Gasteiger partial charge in [0.25, 0.3) is 0 Å². The van der Waals surface area contributed by atoms with Crippen LogP contribution in [0.15, 0.2) is 54.6 Å². The smallest absolute Gasteiger partial charge is 0.315 e. The maximum absolute atomic E-state index is 12.6. The van der Waals surface area contributed by atoms with Crippen molar-refractivity contribution < 1.29 is 24.5 Å². The number of rotatable bonds is 13. The molecule has 1 fully saturated rings. The zero-order valence-electron chi connectivity index (χ0n) is 19.6. The molecule has 2 N–H and O–H groups in total. The van der Waals surface area contributed by atoms with Crippen LogP contribution in [0.4, 0.5) is 0 Å². The second kappa shape index (κ2) is 13.9. The molecule has 2 unspecified atom stereocenters. The van der Waals surface area contributed by atoms with Crippen LogP contribution in [0, 0.1) is 11.8 Å². The highest BCUT2D eigenvalue weighted by Gasteiger charge is 2.40. The molecule has 2 aromatic rings. The summed E-state index contributed by atoms with van der Waals surface area (Å²) in [5, 5.41) is 22.6. The fourth-order valence-corrected chi connectivity index (χ4v) is 6.61. The minimum absolute atomic E-state index is 0.0278. The average Bonchev–Trinajstić information content (AvgIpc) is 3.17. The van der Waals surface area contributed by atoms with Crippen LogP contribution in [0.3, 0.4) is 0 Å². The molecule has 184 valence electrons. The van der Waals surface area contributed by atoms with E-state index in [1.54, 1.807) is 17.8 Å². The highest BCUT2D eigenvalue weighted by Crippen LogP contribution is 2.38. The lowest BCUT2D eigenvalue weighted by Gasteiger charge is -2.19. The molecule has 0 amide bonds. The number of aliphatic hydroxyl groups is 2. The van der Waals surface area contributed by atoms with Crippen molar-refractivity contribution in [3.05, 3.63) is 60.2 Å². The topological polar surface area (TPSA) is 83.8 Å². The Labute approximate surface area is 210 Å². The maximum Gasteiger partial charge on any atom is 0.315 e. The number of ketones is 1. The first-order valence-corrected chi connectivity index (χ1v) is 14.0. The number of carbonyl (C=O) groups excluding carboxylic acids is 2. The second-order valence-corrected chi connectivity index (χ2v) is 11.0. The Morgan fingerprint density at radius 2 is 2.00 bits per heavy atom. The number of allylic oxidation sites excluding steroid dienone is 1. The summed E-state index contributed by atoms with van der Waals surface area (Å²) in [5.74, 6) is 1.78. The SMILES string of the molecule is COC(=O)CSCCCS[C@H]1C(=O)CC(CO)C1C=C[C@H](O)CCc1ccc2ccccc2c1. The normalized spacial score (nSPS) is 21.4. The quantitative estimate of drug-likeness (QED) is 0.240. The van der Waals surface area contributed by atoms with Gasteiger partial charge in [-0.15, -0.1) is 11.8 Å². The summed E-state index contributed by atoms with van der Waals surface area (Å²) in [4.78, 5) is 23.7. The van der Waals surface area contributed by atoms with E-state index < -0.39 is 6.10 Å². The molecule has 0 aromatic heterocycles. The van der Waals surface area contributed by atoms with Gasteiger partial charge in [0.2, 0.25) is 0 Å². The first-order chi connectivity index (χ1) is 16.5. The number of hydrogen-bond donors (Lipinski definition) is 2. The van der Waals surface area contributed by atoms with Crippen LogP contribution < -0.4 is 0 Å². The molecule has 0 heterocycles. The molecule has 5 nitrogen and oxygen atoms in total. The number of benzene rings is 2. The van der Waals surface area contributed by atoms with Crippen LogP contribution in [0.2, 0.25) is 0 Å². The van der Waals surface area contributed by atoms with E-state index in [1.807, 2.05) is 18.2 Å². The van der Waals surface area contributed by atoms with E-state index in [1.165, 1.54) is 35.2 Å². The monoisotopic (exact) mass is 502 g/mol. The third-order valence-electron chi connectivity index (χ3n) is 6.19. The molecule has 0 bridgehead atoms. The minimum atomic E-state index is -0.595. The lowest BCUT2D eigenvalue weighted by molar-refractivity contribution is -0.137. The molecule has 0 radical (unpaired) electrons. The standard InChI is InChI=1S/C27H34O5S2/c1-32-26(31)18-33-13-4-14-34-27-24(22(17-28)16-25(27)30)12-11-23(29)10-8-19-7-9-20-5-2-3-6-21(20)15-19/h2-3,5-7,9,11-12,15,22-24,27-29H,4,8,10,13-14,16-18H2,1H3/t22?,23-,24?,27-/m1/s1. The third kappa shape index (κ3) is 7.87. The summed E-state index contributed by atoms with van der Waals surface area (Å²) >= 11 is 3.16. The molecule has 34 heavy (non-hydrogen) atoms. The van der Waals surface area contributed by atoms with Gasteiger partial charge in [-0.05, 0) is 53.0 Å². The van der Waals surface area contributed by atoms with E-state index >= 15 is 0 Å². The first kappa shape index (κ1) is 26.8. The molecule has 3 rings (SSSR count). The van der Waals surface area contributed by atoms with Crippen molar-refractivity contribution >= 4 is 46.0 Å². The number of hydrogen-bond acceptors (Lipinski definition) is 7. The predicted octanol–water partition coefficient (Wildman–Crippen LogP) is 4.29. The van der Waals surface area contributed by atoms with Gasteiger partial charge in [0.05, 0.1) is 24.2 Å². The fourth-order valence-electron chi connectivity index (χ4n) is 4.27.